The van der Waals surface area contributed by atoms with Crippen molar-refractivity contribution in [3.05, 3.63) is 17.0 Å². The van der Waals surface area contributed by atoms with Gasteiger partial charge in [-0.15, -0.1) is 11.3 Å². The Morgan fingerprint density at radius 1 is 1.33 bits per heavy atom. The van der Waals surface area contributed by atoms with Crippen LogP contribution < -0.4 is 5.73 Å². The van der Waals surface area contributed by atoms with E-state index >= 15 is 0 Å². The lowest BCUT2D eigenvalue weighted by atomic mass is 10.3. The fourth-order valence-electron chi connectivity index (χ4n) is 1.76. The quantitative estimate of drug-likeness (QED) is 0.849. The van der Waals surface area contributed by atoms with Crippen LogP contribution in [0.2, 0.25) is 0 Å². The molecule has 0 spiro atoms. The molecule has 2 N–H and O–H groups in total. The van der Waals surface area contributed by atoms with Crippen LogP contribution in [0.1, 0.15) is 4.88 Å². The van der Waals surface area contributed by atoms with Gasteiger partial charge in [0.25, 0.3) is 10.0 Å². The molecule has 1 fully saturated rings. The van der Waals surface area contributed by atoms with Gasteiger partial charge in [0, 0.05) is 40.3 Å². The molecule has 2 heterocycles. The van der Waals surface area contributed by atoms with Crippen LogP contribution in [-0.2, 0) is 27.2 Å². The molecule has 102 valence electrons. The molecule has 0 atom stereocenters. The van der Waals surface area contributed by atoms with E-state index in [0.29, 0.717) is 41.8 Å². The number of hydrogen-bond donors (Lipinski definition) is 1. The topological polar surface area (TPSA) is 80.5 Å². The predicted molar refractivity (Wildman–Crippen MR) is 73.7 cm³/mol. The van der Waals surface area contributed by atoms with Gasteiger partial charge in [-0.1, -0.05) is 0 Å². The van der Waals surface area contributed by atoms with Crippen LogP contribution in [0.25, 0.3) is 0 Å². The van der Waals surface area contributed by atoms with E-state index in [1.54, 1.807) is 6.07 Å². The zero-order chi connectivity index (χ0) is 13.2. The fraction of sp³-hybridized carbons (Fsp3) is 0.600. The van der Waals surface area contributed by atoms with Crippen LogP contribution in [0.3, 0.4) is 0 Å². The average Bonchev–Trinajstić information content (AvgIpc) is 2.79. The van der Waals surface area contributed by atoms with E-state index in [9.17, 15) is 12.6 Å². The molecule has 1 aromatic rings. The number of nitrogens with two attached hydrogens (primary N) is 1. The number of nitrogens with zero attached hydrogens (tertiary/aromatic N) is 1. The second-order valence-corrected chi connectivity index (χ2v) is 9.04. The number of sulfonamides is 1. The minimum absolute atomic E-state index is 0.346. The van der Waals surface area contributed by atoms with Crippen LogP contribution in [-0.4, -0.2) is 48.1 Å². The molecule has 1 aliphatic heterocycles. The summed E-state index contributed by atoms with van der Waals surface area (Å²) >= 11 is 1.27. The van der Waals surface area contributed by atoms with Gasteiger partial charge in [0.2, 0.25) is 0 Å². The minimum Gasteiger partial charge on any atom is -0.330 e. The molecule has 5 nitrogen and oxygen atoms in total. The van der Waals surface area contributed by atoms with Crippen molar-refractivity contribution >= 4 is 32.2 Å². The van der Waals surface area contributed by atoms with Gasteiger partial charge in [-0.3, -0.25) is 4.21 Å². The van der Waals surface area contributed by atoms with Crippen molar-refractivity contribution in [2.24, 2.45) is 5.73 Å². The Balaban J connectivity index is 2.16. The van der Waals surface area contributed by atoms with Gasteiger partial charge >= 0.3 is 0 Å². The van der Waals surface area contributed by atoms with Crippen LogP contribution in [0.5, 0.6) is 0 Å². The number of thiophene rings is 1. The fourth-order valence-corrected chi connectivity index (χ4v) is 6.01. The molecular formula is C10H16N2O3S3. The highest BCUT2D eigenvalue weighted by molar-refractivity contribution is 7.91. The molecule has 0 radical (unpaired) electrons. The van der Waals surface area contributed by atoms with E-state index in [-0.39, 0.29) is 0 Å². The molecule has 1 saturated heterocycles. The second kappa shape index (κ2) is 5.79. The molecule has 0 unspecified atom stereocenters. The smallest absolute Gasteiger partial charge is 0.252 e. The molecule has 1 aliphatic rings. The molecule has 1 aromatic heterocycles. The third kappa shape index (κ3) is 3.00. The third-order valence-electron chi connectivity index (χ3n) is 2.76. The summed E-state index contributed by atoms with van der Waals surface area (Å²) in [7, 11) is -4.28. The first-order chi connectivity index (χ1) is 8.54. The SMILES string of the molecule is NCCc1ccc(S(=O)(=O)N2CCS(=O)CC2)s1. The molecule has 0 aromatic carbocycles. The lowest BCUT2D eigenvalue weighted by Crippen LogP contribution is -2.41. The van der Waals surface area contributed by atoms with Gasteiger partial charge in [-0.25, -0.2) is 8.42 Å². The summed E-state index contributed by atoms with van der Waals surface area (Å²) in [4.78, 5) is 0.983. The summed E-state index contributed by atoms with van der Waals surface area (Å²) < 4.78 is 37.7. The van der Waals surface area contributed by atoms with Crippen molar-refractivity contribution in [3.63, 3.8) is 0 Å². The highest BCUT2D eigenvalue weighted by Crippen LogP contribution is 2.25. The molecular weight excluding hydrogens is 292 g/mol. The van der Waals surface area contributed by atoms with E-state index in [1.165, 1.54) is 15.6 Å². The van der Waals surface area contributed by atoms with Crippen molar-refractivity contribution in [3.8, 4) is 0 Å². The van der Waals surface area contributed by atoms with E-state index in [2.05, 4.69) is 0 Å². The molecule has 18 heavy (non-hydrogen) atoms. The largest absolute Gasteiger partial charge is 0.330 e. The standard InChI is InChI=1S/C10H16N2O3S3/c11-4-3-9-1-2-10(16-9)18(14,15)12-5-7-17(13)8-6-12/h1-2H,3-8,11H2. The normalized spacial score (nSPS) is 19.2. The Morgan fingerprint density at radius 3 is 2.61 bits per heavy atom. The second-order valence-electron chi connectivity index (χ2n) is 4.01. The highest BCUT2D eigenvalue weighted by atomic mass is 32.2. The van der Waals surface area contributed by atoms with Gasteiger partial charge in [-0.05, 0) is 25.1 Å². The molecule has 0 aliphatic carbocycles. The Morgan fingerprint density at radius 2 is 2.00 bits per heavy atom. The Bertz CT molecular complexity index is 528. The third-order valence-corrected chi connectivity index (χ3v) is 7.55. The van der Waals surface area contributed by atoms with E-state index in [0.717, 1.165) is 4.88 Å². The first-order valence-corrected chi connectivity index (χ1v) is 9.42. The Hall–Kier alpha value is -0.280. The highest BCUT2D eigenvalue weighted by Gasteiger charge is 2.29. The summed E-state index contributed by atoms with van der Waals surface area (Å²) in [6.07, 6.45) is 0.699. The maximum absolute atomic E-state index is 12.3. The molecule has 2 rings (SSSR count). The van der Waals surface area contributed by atoms with Crippen molar-refractivity contribution in [1.29, 1.82) is 0 Å². The van der Waals surface area contributed by atoms with Gasteiger partial charge in [0.05, 0.1) is 0 Å². The summed E-state index contributed by atoms with van der Waals surface area (Å²) in [5, 5.41) is 0. The summed E-state index contributed by atoms with van der Waals surface area (Å²) in [6.45, 7) is 1.21. The van der Waals surface area contributed by atoms with E-state index in [1.807, 2.05) is 6.07 Å². The number of rotatable bonds is 4. The van der Waals surface area contributed by atoms with Gasteiger partial charge in [0.15, 0.2) is 0 Å². The van der Waals surface area contributed by atoms with Crippen molar-refractivity contribution in [2.45, 2.75) is 10.6 Å². The van der Waals surface area contributed by atoms with Crippen molar-refractivity contribution in [1.82, 2.24) is 4.31 Å². The van der Waals surface area contributed by atoms with Gasteiger partial charge in [-0.2, -0.15) is 4.31 Å². The predicted octanol–water partition coefficient (Wildman–Crippen LogP) is 0.00230. The maximum atomic E-state index is 12.3. The van der Waals surface area contributed by atoms with Crippen molar-refractivity contribution in [2.75, 3.05) is 31.1 Å². The Kier molecular flexibility index (Phi) is 4.54. The van der Waals surface area contributed by atoms with Crippen molar-refractivity contribution < 1.29 is 12.6 Å². The monoisotopic (exact) mass is 308 g/mol. The average molecular weight is 308 g/mol. The first-order valence-electron chi connectivity index (χ1n) is 5.68. The van der Waals surface area contributed by atoms with E-state index in [4.69, 9.17) is 5.73 Å². The lowest BCUT2D eigenvalue weighted by Gasteiger charge is -2.24. The van der Waals surface area contributed by atoms with Gasteiger partial charge < -0.3 is 5.73 Å². The molecule has 8 heteroatoms. The summed E-state index contributed by atoms with van der Waals surface area (Å²) in [6, 6.07) is 3.45. The first kappa shape index (κ1) is 14.1. The maximum Gasteiger partial charge on any atom is 0.252 e. The summed E-state index contributed by atoms with van der Waals surface area (Å²) in [5.41, 5.74) is 5.45. The Labute approximate surface area is 113 Å². The summed E-state index contributed by atoms with van der Waals surface area (Å²) in [5.74, 6) is 0.862. The minimum atomic E-state index is -3.41. The van der Waals surface area contributed by atoms with Gasteiger partial charge in [0.1, 0.15) is 4.21 Å². The van der Waals surface area contributed by atoms with Crippen LogP contribution >= 0.6 is 11.3 Å². The van der Waals surface area contributed by atoms with Crippen LogP contribution in [0, 0.1) is 0 Å². The molecule has 0 saturated carbocycles. The zero-order valence-electron chi connectivity index (χ0n) is 9.87. The van der Waals surface area contributed by atoms with Crippen LogP contribution in [0.15, 0.2) is 16.3 Å². The molecule has 0 amide bonds. The lowest BCUT2D eigenvalue weighted by molar-refractivity contribution is 0.440. The zero-order valence-corrected chi connectivity index (χ0v) is 12.3. The van der Waals surface area contributed by atoms with E-state index < -0.39 is 20.8 Å². The van der Waals surface area contributed by atoms with Crippen LogP contribution in [0.4, 0.5) is 0 Å². The number of hydrogen-bond acceptors (Lipinski definition) is 5. The molecule has 0 bridgehead atoms.